The van der Waals surface area contributed by atoms with Crippen molar-refractivity contribution in [1.82, 2.24) is 20.0 Å². The molecule has 50 heavy (non-hydrogen) atoms. The molecule has 0 spiro atoms. The molecule has 2 aliphatic rings. The van der Waals surface area contributed by atoms with Gasteiger partial charge in [0.25, 0.3) is 0 Å². The molecule has 0 bridgehead atoms. The van der Waals surface area contributed by atoms with Crippen molar-refractivity contribution in [1.29, 1.82) is 0 Å². The average molecular weight is 709 g/mol. The monoisotopic (exact) mass is 708 g/mol. The number of aliphatic hydroxyl groups excluding tert-OH is 3. The highest BCUT2D eigenvalue weighted by molar-refractivity contribution is 7.99. The van der Waals surface area contributed by atoms with E-state index in [9.17, 15) is 29.7 Å². The number of amides is 3. The number of terminal acetylenes is 1. The molecule has 2 saturated heterocycles. The molecule has 12 heteroatoms. The van der Waals surface area contributed by atoms with Crippen LogP contribution in [0.15, 0.2) is 42.5 Å². The summed E-state index contributed by atoms with van der Waals surface area (Å²) in [5.41, 5.74) is 3.45. The predicted octanol–water partition coefficient (Wildman–Crippen LogP) is 1.88. The maximum Gasteiger partial charge on any atom is 0.247 e. The van der Waals surface area contributed by atoms with E-state index in [1.54, 1.807) is 32.1 Å². The number of likely N-dealkylation sites (N-methyl/N-ethyl adjacent to an activating group) is 1. The lowest BCUT2D eigenvalue weighted by molar-refractivity contribution is -0.200. The second-order valence-electron chi connectivity index (χ2n) is 13.9. The van der Waals surface area contributed by atoms with Crippen molar-refractivity contribution in [2.45, 2.75) is 81.8 Å². The van der Waals surface area contributed by atoms with Gasteiger partial charge in [0, 0.05) is 39.6 Å². The molecule has 0 aliphatic carbocycles. The van der Waals surface area contributed by atoms with Crippen LogP contribution in [0, 0.1) is 19.3 Å². The molecule has 2 aromatic carbocycles. The molecule has 4 N–H and O–H groups in total. The van der Waals surface area contributed by atoms with Gasteiger partial charge in [0.1, 0.15) is 35.4 Å². The van der Waals surface area contributed by atoms with Crippen molar-refractivity contribution in [3.8, 4) is 12.3 Å². The van der Waals surface area contributed by atoms with Gasteiger partial charge in [-0.15, -0.1) is 18.2 Å². The number of aryl methyl sites for hydroxylation is 2. The van der Waals surface area contributed by atoms with Crippen LogP contribution in [-0.2, 0) is 32.0 Å². The van der Waals surface area contributed by atoms with Crippen LogP contribution in [-0.4, -0.2) is 130 Å². The summed E-state index contributed by atoms with van der Waals surface area (Å²) in [5.74, 6) is 2.11. The first-order valence-electron chi connectivity index (χ1n) is 17.1. The van der Waals surface area contributed by atoms with Gasteiger partial charge in [0.05, 0.1) is 13.1 Å². The summed E-state index contributed by atoms with van der Waals surface area (Å²) in [4.78, 5) is 43.7. The zero-order valence-corrected chi connectivity index (χ0v) is 30.6. The molecular formula is C38H52N4O7S. The Hall–Kier alpha value is -3.44. The van der Waals surface area contributed by atoms with Gasteiger partial charge >= 0.3 is 0 Å². The Balaban J connectivity index is 1.23. The van der Waals surface area contributed by atoms with Crippen LogP contribution in [0.1, 0.15) is 60.6 Å². The lowest BCUT2D eigenvalue weighted by Crippen LogP contribution is -2.60. The molecule has 4 rings (SSSR count). The molecule has 0 unspecified atom stereocenters. The zero-order chi connectivity index (χ0) is 36.6. The summed E-state index contributed by atoms with van der Waals surface area (Å²) < 4.78 is 5.96. The molecule has 5 atom stereocenters. The van der Waals surface area contributed by atoms with E-state index in [4.69, 9.17) is 11.2 Å². The van der Waals surface area contributed by atoms with Crippen LogP contribution >= 0.6 is 11.8 Å². The fraction of sp³-hybridized carbons (Fsp3) is 0.553. The molecule has 0 saturated carbocycles. The Morgan fingerprint density at radius 3 is 2.32 bits per heavy atom. The standard InChI is InChI=1S/C38H52N4O7S/c1-7-17-40(5)31(44)24-41-18-20-42(21-19-41)37(48)38(3,4)39-30(43)10-8-9-26-12-14-27(15-13-26)22-29-23-28(16-11-25(29)2)35-33(46)32(45)34(47)36(49-35)50-6/h1,11-16,23,32-36,45-47H,8-10,17-22,24H2,2-6H3,(H,39,43)/t32-,33-,34+,35+,36-/m1/s1. The van der Waals surface area contributed by atoms with E-state index in [0.29, 0.717) is 45.4 Å². The van der Waals surface area contributed by atoms with E-state index < -0.39 is 35.4 Å². The maximum atomic E-state index is 13.3. The van der Waals surface area contributed by atoms with E-state index in [1.165, 1.54) is 16.7 Å². The molecular weight excluding hydrogens is 657 g/mol. The second kappa shape index (κ2) is 17.7. The molecule has 2 aromatic rings. The SMILES string of the molecule is C#CCN(C)C(=O)CN1CCN(C(=O)C(C)(C)NC(=O)CCCc2ccc(Cc3cc([C@@H]4O[C@H](SC)[C@@H](O)[C@H](O)[C@H]4O)ccc3C)cc2)CC1. The summed E-state index contributed by atoms with van der Waals surface area (Å²) in [6.07, 6.45) is 4.95. The van der Waals surface area contributed by atoms with E-state index in [2.05, 4.69) is 35.5 Å². The maximum absolute atomic E-state index is 13.3. The van der Waals surface area contributed by atoms with Gasteiger partial charge in [0.2, 0.25) is 17.7 Å². The first-order valence-corrected chi connectivity index (χ1v) is 18.4. The van der Waals surface area contributed by atoms with Gasteiger partial charge in [-0.25, -0.2) is 0 Å². The normalized spacial score (nSPS) is 22.9. The largest absolute Gasteiger partial charge is 0.387 e. The summed E-state index contributed by atoms with van der Waals surface area (Å²) in [5, 5.41) is 34.2. The first kappa shape index (κ1) is 39.3. The van der Waals surface area contributed by atoms with Gasteiger partial charge in [0.15, 0.2) is 0 Å². The fourth-order valence-corrected chi connectivity index (χ4v) is 7.05. The number of hydrogen-bond acceptors (Lipinski definition) is 9. The number of rotatable bonds is 13. The Morgan fingerprint density at radius 2 is 1.68 bits per heavy atom. The molecule has 0 aromatic heterocycles. The van der Waals surface area contributed by atoms with Gasteiger partial charge < -0.3 is 35.2 Å². The van der Waals surface area contributed by atoms with Crippen molar-refractivity contribution in [2.75, 3.05) is 52.6 Å². The predicted molar refractivity (Wildman–Crippen MR) is 194 cm³/mol. The summed E-state index contributed by atoms with van der Waals surface area (Å²) in [6, 6.07) is 14.1. The van der Waals surface area contributed by atoms with Crippen molar-refractivity contribution < 1.29 is 34.4 Å². The first-order chi connectivity index (χ1) is 23.7. The van der Waals surface area contributed by atoms with E-state index in [0.717, 1.165) is 34.2 Å². The Labute approximate surface area is 300 Å². The summed E-state index contributed by atoms with van der Waals surface area (Å²) >= 11 is 1.29. The number of nitrogens with one attached hydrogen (secondary N) is 1. The lowest BCUT2D eigenvalue weighted by atomic mass is 9.91. The Bertz CT molecular complexity index is 1520. The minimum Gasteiger partial charge on any atom is -0.387 e. The lowest BCUT2D eigenvalue weighted by Gasteiger charge is -2.40. The van der Waals surface area contributed by atoms with E-state index in [-0.39, 0.29) is 30.8 Å². The minimum atomic E-state index is -1.30. The van der Waals surface area contributed by atoms with E-state index in [1.807, 2.05) is 30.0 Å². The third-order valence-electron chi connectivity index (χ3n) is 9.55. The van der Waals surface area contributed by atoms with E-state index >= 15 is 0 Å². The molecule has 2 aliphatic heterocycles. The fourth-order valence-electron chi connectivity index (χ4n) is 6.38. The van der Waals surface area contributed by atoms with Crippen molar-refractivity contribution >= 4 is 29.5 Å². The number of nitrogens with zero attached hydrogens (tertiary/aromatic N) is 3. The number of thioether (sulfide) groups is 1. The van der Waals surface area contributed by atoms with Gasteiger partial charge in [-0.3, -0.25) is 19.3 Å². The van der Waals surface area contributed by atoms with Crippen LogP contribution < -0.4 is 5.32 Å². The molecule has 2 fully saturated rings. The second-order valence-corrected chi connectivity index (χ2v) is 14.8. The highest BCUT2D eigenvalue weighted by Crippen LogP contribution is 2.36. The smallest absolute Gasteiger partial charge is 0.247 e. The third kappa shape index (κ3) is 10.1. The van der Waals surface area contributed by atoms with Crippen LogP contribution in [0.5, 0.6) is 0 Å². The van der Waals surface area contributed by atoms with Gasteiger partial charge in [-0.1, -0.05) is 48.4 Å². The van der Waals surface area contributed by atoms with Gasteiger partial charge in [-0.05, 0) is 74.1 Å². The molecule has 272 valence electrons. The van der Waals surface area contributed by atoms with Crippen LogP contribution in [0.25, 0.3) is 0 Å². The summed E-state index contributed by atoms with van der Waals surface area (Å²) in [6.45, 7) is 8.13. The topological polar surface area (TPSA) is 143 Å². The Morgan fingerprint density at radius 1 is 1.02 bits per heavy atom. The highest BCUT2D eigenvalue weighted by atomic mass is 32.2. The quantitative estimate of drug-likeness (QED) is 0.230. The molecule has 3 amide bonds. The van der Waals surface area contributed by atoms with Crippen molar-refractivity contribution in [2.24, 2.45) is 0 Å². The zero-order valence-electron chi connectivity index (χ0n) is 29.8. The van der Waals surface area contributed by atoms with Gasteiger partial charge in [-0.2, -0.15) is 0 Å². The minimum absolute atomic E-state index is 0.0505. The number of ether oxygens (including phenoxy) is 1. The average Bonchev–Trinajstić information content (AvgIpc) is 3.09. The summed E-state index contributed by atoms with van der Waals surface area (Å²) in [7, 11) is 1.68. The number of benzene rings is 2. The number of aliphatic hydroxyl groups is 3. The van der Waals surface area contributed by atoms with Crippen LogP contribution in [0.2, 0.25) is 0 Å². The van der Waals surface area contributed by atoms with Crippen molar-refractivity contribution in [3.05, 3.63) is 70.3 Å². The molecule has 2 heterocycles. The number of piperazine rings is 1. The number of hydrogen-bond donors (Lipinski definition) is 4. The van der Waals surface area contributed by atoms with Crippen LogP contribution in [0.3, 0.4) is 0 Å². The third-order valence-corrected chi connectivity index (χ3v) is 10.4. The molecule has 0 radical (unpaired) electrons. The highest BCUT2D eigenvalue weighted by Gasteiger charge is 2.44. The number of carbonyl (C=O) groups excluding carboxylic acids is 3. The Kier molecular flexibility index (Phi) is 13.9. The molecule has 11 nitrogen and oxygen atoms in total. The van der Waals surface area contributed by atoms with Crippen LogP contribution in [0.4, 0.5) is 0 Å². The number of carbonyl (C=O) groups is 3. The van der Waals surface area contributed by atoms with Crippen molar-refractivity contribution in [3.63, 3.8) is 0 Å².